The fourth-order valence-electron chi connectivity index (χ4n) is 5.21. The molecule has 0 heterocycles. The molecule has 0 aliphatic heterocycles. The van der Waals surface area contributed by atoms with Crippen LogP contribution in [0.2, 0.25) is 0 Å². The van der Waals surface area contributed by atoms with Crippen molar-refractivity contribution in [1.29, 1.82) is 0 Å². The summed E-state index contributed by atoms with van der Waals surface area (Å²) < 4.78 is 45.7. The first-order chi connectivity index (χ1) is 25.5. The van der Waals surface area contributed by atoms with Crippen LogP contribution in [-0.2, 0) is 33.8 Å². The molecule has 0 amide bonds. The van der Waals surface area contributed by atoms with Gasteiger partial charge in [-0.3, -0.25) is 0 Å². The molecule has 0 aromatic heterocycles. The van der Waals surface area contributed by atoms with E-state index in [0.29, 0.717) is 35.7 Å². The van der Waals surface area contributed by atoms with Gasteiger partial charge in [0, 0.05) is 5.41 Å². The number of hydrogen-bond acceptors (Lipinski definition) is 10. The SMILES string of the molecule is CCC(OCOc1ccccc1)OCC(C)OC(=O)c1cccc(C(C)(C)c2cccc(OCOC(C)COCC(C)OC(=O)c3ccccc3)c2)c1. The molecule has 4 unspecified atom stereocenters. The third-order valence-electron chi connectivity index (χ3n) is 8.36. The zero-order chi connectivity index (χ0) is 38.1. The summed E-state index contributed by atoms with van der Waals surface area (Å²) in [4.78, 5) is 25.4. The second kappa shape index (κ2) is 21.1. The van der Waals surface area contributed by atoms with E-state index in [1.165, 1.54) is 0 Å². The van der Waals surface area contributed by atoms with Crippen LogP contribution in [0.1, 0.15) is 79.8 Å². The van der Waals surface area contributed by atoms with Crippen LogP contribution in [-0.4, -0.2) is 69.9 Å². The number of para-hydroxylation sites is 1. The molecule has 0 saturated carbocycles. The van der Waals surface area contributed by atoms with Crippen molar-refractivity contribution in [2.75, 3.05) is 33.4 Å². The monoisotopic (exact) mass is 728 g/mol. The minimum absolute atomic E-state index is 0.0305. The lowest BCUT2D eigenvalue weighted by Gasteiger charge is -2.27. The first-order valence-electron chi connectivity index (χ1n) is 18.0. The average Bonchev–Trinajstić information content (AvgIpc) is 3.17. The molecular formula is C43H52O10. The Morgan fingerprint density at radius 1 is 0.566 bits per heavy atom. The molecule has 4 atom stereocenters. The Balaban J connectivity index is 1.20. The van der Waals surface area contributed by atoms with Gasteiger partial charge in [0.1, 0.15) is 23.7 Å². The van der Waals surface area contributed by atoms with Crippen LogP contribution in [0.3, 0.4) is 0 Å². The molecule has 10 heteroatoms. The van der Waals surface area contributed by atoms with Crippen LogP contribution in [0.4, 0.5) is 0 Å². The summed E-state index contributed by atoms with van der Waals surface area (Å²) in [6, 6.07) is 33.5. The van der Waals surface area contributed by atoms with Gasteiger partial charge in [-0.05, 0) is 86.8 Å². The zero-order valence-corrected chi connectivity index (χ0v) is 31.5. The molecule has 4 rings (SSSR count). The van der Waals surface area contributed by atoms with Crippen molar-refractivity contribution in [3.8, 4) is 11.5 Å². The van der Waals surface area contributed by atoms with Gasteiger partial charge in [-0.15, -0.1) is 0 Å². The van der Waals surface area contributed by atoms with Gasteiger partial charge in [-0.25, -0.2) is 9.59 Å². The van der Waals surface area contributed by atoms with Gasteiger partial charge in [0.15, 0.2) is 19.9 Å². The minimum Gasteiger partial charge on any atom is -0.468 e. The molecule has 53 heavy (non-hydrogen) atoms. The highest BCUT2D eigenvalue weighted by molar-refractivity contribution is 5.90. The molecule has 0 radical (unpaired) electrons. The fourth-order valence-corrected chi connectivity index (χ4v) is 5.21. The summed E-state index contributed by atoms with van der Waals surface area (Å²) in [5, 5.41) is 0. The van der Waals surface area contributed by atoms with Gasteiger partial charge < -0.3 is 37.9 Å². The van der Waals surface area contributed by atoms with E-state index in [9.17, 15) is 9.59 Å². The maximum Gasteiger partial charge on any atom is 0.338 e. The lowest BCUT2D eigenvalue weighted by Crippen LogP contribution is -2.27. The van der Waals surface area contributed by atoms with E-state index in [1.807, 2.05) is 92.7 Å². The largest absolute Gasteiger partial charge is 0.468 e. The van der Waals surface area contributed by atoms with Crippen LogP contribution in [0.15, 0.2) is 109 Å². The van der Waals surface area contributed by atoms with Crippen LogP contribution < -0.4 is 9.47 Å². The van der Waals surface area contributed by atoms with E-state index in [1.54, 1.807) is 44.2 Å². The lowest BCUT2D eigenvalue weighted by atomic mass is 9.77. The fraction of sp³-hybridized carbons (Fsp3) is 0.395. The molecule has 4 aromatic rings. The summed E-state index contributed by atoms with van der Waals surface area (Å²) in [6.45, 7) is 12.4. The first-order valence-corrected chi connectivity index (χ1v) is 18.0. The summed E-state index contributed by atoms with van der Waals surface area (Å²) in [5.74, 6) is 0.541. The van der Waals surface area contributed by atoms with E-state index in [0.717, 1.165) is 11.1 Å². The molecule has 10 nitrogen and oxygen atoms in total. The van der Waals surface area contributed by atoms with Crippen LogP contribution in [0, 0.1) is 0 Å². The van der Waals surface area contributed by atoms with E-state index >= 15 is 0 Å². The van der Waals surface area contributed by atoms with Crippen molar-refractivity contribution < 1.29 is 47.5 Å². The van der Waals surface area contributed by atoms with Gasteiger partial charge >= 0.3 is 11.9 Å². The highest BCUT2D eigenvalue weighted by atomic mass is 16.7. The maximum absolute atomic E-state index is 13.1. The van der Waals surface area contributed by atoms with E-state index < -0.39 is 29.9 Å². The second-order valence-electron chi connectivity index (χ2n) is 13.2. The molecule has 0 spiro atoms. The number of esters is 2. The third-order valence-corrected chi connectivity index (χ3v) is 8.36. The highest BCUT2D eigenvalue weighted by Gasteiger charge is 2.25. The van der Waals surface area contributed by atoms with E-state index in [-0.39, 0.29) is 38.9 Å². The molecule has 0 bridgehead atoms. The number of carbonyl (C=O) groups excluding carboxylic acids is 2. The third kappa shape index (κ3) is 13.6. The topological polar surface area (TPSA) is 108 Å². The zero-order valence-electron chi connectivity index (χ0n) is 31.5. The summed E-state index contributed by atoms with van der Waals surface area (Å²) >= 11 is 0. The van der Waals surface area contributed by atoms with Crippen molar-refractivity contribution in [2.24, 2.45) is 0 Å². The number of hydrogen-bond donors (Lipinski definition) is 0. The van der Waals surface area contributed by atoms with Gasteiger partial charge in [-0.1, -0.05) is 81.4 Å². The maximum atomic E-state index is 13.1. The van der Waals surface area contributed by atoms with Crippen molar-refractivity contribution in [1.82, 2.24) is 0 Å². The molecule has 0 aliphatic carbocycles. The van der Waals surface area contributed by atoms with Crippen LogP contribution in [0.5, 0.6) is 11.5 Å². The number of carbonyl (C=O) groups is 2. The summed E-state index contributed by atoms with van der Waals surface area (Å²) in [5.41, 5.74) is 2.43. The quantitative estimate of drug-likeness (QED) is 0.0579. The standard InChI is InChI=1S/C43H52O10/c1-7-40(51-30-49-38-21-12-9-13-22-38)47-28-33(4)53-42(45)35-18-14-19-36(24-35)43(5,6)37-20-15-23-39(25-37)50-29-48-31(2)26-46-27-32(3)52-41(44)34-16-10-8-11-17-34/h8-25,31-33,40H,7,26-30H2,1-6H3. The van der Waals surface area contributed by atoms with E-state index in [4.69, 9.17) is 37.9 Å². The van der Waals surface area contributed by atoms with E-state index in [2.05, 4.69) is 13.8 Å². The van der Waals surface area contributed by atoms with Crippen LogP contribution >= 0.6 is 0 Å². The Kier molecular flexibility index (Phi) is 16.3. The van der Waals surface area contributed by atoms with Gasteiger partial charge in [0.25, 0.3) is 0 Å². The van der Waals surface area contributed by atoms with Crippen LogP contribution in [0.25, 0.3) is 0 Å². The Morgan fingerprint density at radius 3 is 1.79 bits per heavy atom. The smallest absolute Gasteiger partial charge is 0.338 e. The molecule has 0 aliphatic rings. The Bertz CT molecular complexity index is 1680. The van der Waals surface area contributed by atoms with Gasteiger partial charge in [0.05, 0.1) is 37.1 Å². The van der Waals surface area contributed by atoms with Crippen molar-refractivity contribution in [3.63, 3.8) is 0 Å². The summed E-state index contributed by atoms with van der Waals surface area (Å²) in [7, 11) is 0. The number of benzene rings is 4. The Morgan fingerprint density at radius 2 is 1.09 bits per heavy atom. The predicted octanol–water partition coefficient (Wildman–Crippen LogP) is 8.37. The molecule has 0 fully saturated rings. The summed E-state index contributed by atoms with van der Waals surface area (Å²) in [6.07, 6.45) is -1.03. The Hall–Kier alpha value is -4.74. The number of ether oxygens (including phenoxy) is 8. The molecule has 284 valence electrons. The first kappa shape index (κ1) is 41.0. The average molecular weight is 729 g/mol. The van der Waals surface area contributed by atoms with Crippen molar-refractivity contribution in [3.05, 3.63) is 131 Å². The van der Waals surface area contributed by atoms with Gasteiger partial charge in [0.2, 0.25) is 0 Å². The normalized spacial score (nSPS) is 13.7. The second-order valence-corrected chi connectivity index (χ2v) is 13.2. The Labute approximate surface area is 313 Å². The van der Waals surface area contributed by atoms with Crippen molar-refractivity contribution >= 4 is 11.9 Å². The molecule has 4 aromatic carbocycles. The predicted molar refractivity (Wildman–Crippen MR) is 201 cm³/mol. The number of rotatable bonds is 22. The minimum atomic E-state index is -0.495. The van der Waals surface area contributed by atoms with Gasteiger partial charge in [-0.2, -0.15) is 0 Å². The van der Waals surface area contributed by atoms with Crippen molar-refractivity contribution in [2.45, 2.75) is 78.0 Å². The molecule has 0 saturated heterocycles. The lowest BCUT2D eigenvalue weighted by molar-refractivity contribution is -0.185. The highest BCUT2D eigenvalue weighted by Crippen LogP contribution is 2.34. The molecular weight excluding hydrogens is 676 g/mol. The molecule has 0 N–H and O–H groups in total.